The molecule has 0 aliphatic carbocycles. The fraction of sp³-hybridized carbons (Fsp3) is 1.00. The lowest BCUT2D eigenvalue weighted by Crippen LogP contribution is -2.43. The maximum atomic E-state index is 10.4. The monoisotopic (exact) mass is 245 g/mol. The van der Waals surface area contributed by atoms with Crippen molar-refractivity contribution in [2.45, 2.75) is 57.8 Å². The van der Waals surface area contributed by atoms with Gasteiger partial charge in [-0.1, -0.05) is 13.8 Å². The van der Waals surface area contributed by atoms with Gasteiger partial charge in [0.05, 0.1) is 11.7 Å². The third-order valence-corrected chi connectivity index (χ3v) is 3.51. The van der Waals surface area contributed by atoms with E-state index in [0.29, 0.717) is 19.0 Å². The highest BCUT2D eigenvalue weighted by Gasteiger charge is 2.34. The van der Waals surface area contributed by atoms with Gasteiger partial charge in [-0.25, -0.2) is 0 Å². The number of hydrogen-bond donors (Lipinski definition) is 3. The predicted octanol–water partition coefficient (Wildman–Crippen LogP) is 0.913. The number of rotatable bonds is 6. The molecule has 102 valence electrons. The van der Waals surface area contributed by atoms with E-state index in [1.54, 1.807) is 0 Å². The average molecular weight is 245 g/mol. The Labute approximate surface area is 104 Å². The molecular weight excluding hydrogens is 218 g/mol. The van der Waals surface area contributed by atoms with Crippen molar-refractivity contribution < 1.29 is 14.9 Å². The van der Waals surface area contributed by atoms with E-state index in [1.807, 2.05) is 20.8 Å². The van der Waals surface area contributed by atoms with Crippen LogP contribution in [0.2, 0.25) is 0 Å². The molecule has 0 saturated carbocycles. The Balaban J connectivity index is 2.35. The summed E-state index contributed by atoms with van der Waals surface area (Å²) in [5, 5.41) is 23.5. The summed E-state index contributed by atoms with van der Waals surface area (Å²) in [6.45, 7) is 7.91. The Morgan fingerprint density at radius 3 is 2.47 bits per heavy atom. The fourth-order valence-electron chi connectivity index (χ4n) is 2.41. The topological polar surface area (TPSA) is 61.7 Å². The molecule has 1 aliphatic rings. The smallest absolute Gasteiger partial charge is 0.0692 e. The van der Waals surface area contributed by atoms with E-state index in [2.05, 4.69) is 5.32 Å². The molecule has 0 aromatic rings. The van der Waals surface area contributed by atoms with Crippen LogP contribution in [-0.4, -0.2) is 47.7 Å². The minimum Gasteiger partial charge on any atom is -0.392 e. The van der Waals surface area contributed by atoms with Gasteiger partial charge in [0.25, 0.3) is 0 Å². The van der Waals surface area contributed by atoms with Crippen LogP contribution in [0.4, 0.5) is 0 Å². The zero-order chi connectivity index (χ0) is 12.9. The molecule has 0 aromatic heterocycles. The molecule has 0 aromatic carbocycles. The van der Waals surface area contributed by atoms with E-state index in [4.69, 9.17) is 4.74 Å². The Morgan fingerprint density at radius 1 is 1.35 bits per heavy atom. The molecule has 4 nitrogen and oxygen atoms in total. The maximum Gasteiger partial charge on any atom is 0.0692 e. The van der Waals surface area contributed by atoms with Crippen LogP contribution in [0.3, 0.4) is 0 Å². The summed E-state index contributed by atoms with van der Waals surface area (Å²) in [5.74, 6) is 0.241. The van der Waals surface area contributed by atoms with Gasteiger partial charge >= 0.3 is 0 Å². The molecule has 1 heterocycles. The molecule has 1 fully saturated rings. The number of nitrogens with one attached hydrogen (secondary N) is 1. The first kappa shape index (κ1) is 14.9. The zero-order valence-corrected chi connectivity index (χ0v) is 11.3. The van der Waals surface area contributed by atoms with Gasteiger partial charge in [-0.15, -0.1) is 0 Å². The van der Waals surface area contributed by atoms with E-state index in [1.165, 1.54) is 0 Å². The van der Waals surface area contributed by atoms with Crippen LogP contribution in [0, 0.1) is 5.92 Å². The zero-order valence-electron chi connectivity index (χ0n) is 11.3. The third kappa shape index (κ3) is 5.34. The Morgan fingerprint density at radius 2 is 1.94 bits per heavy atom. The minimum atomic E-state index is -0.790. The summed E-state index contributed by atoms with van der Waals surface area (Å²) in [4.78, 5) is 0. The molecule has 0 unspecified atom stereocenters. The largest absolute Gasteiger partial charge is 0.392 e. The maximum absolute atomic E-state index is 10.4. The van der Waals surface area contributed by atoms with Crippen molar-refractivity contribution in [3.63, 3.8) is 0 Å². The lowest BCUT2D eigenvalue weighted by atomic mass is 9.79. The second kappa shape index (κ2) is 6.69. The molecule has 0 bridgehead atoms. The van der Waals surface area contributed by atoms with Gasteiger partial charge in [0, 0.05) is 32.2 Å². The van der Waals surface area contributed by atoms with E-state index in [0.717, 1.165) is 26.1 Å². The summed E-state index contributed by atoms with van der Waals surface area (Å²) >= 11 is 0. The van der Waals surface area contributed by atoms with Crippen molar-refractivity contribution in [2.24, 2.45) is 5.92 Å². The van der Waals surface area contributed by atoms with Crippen molar-refractivity contribution in [1.29, 1.82) is 0 Å². The van der Waals surface area contributed by atoms with Crippen LogP contribution in [-0.2, 0) is 4.74 Å². The van der Waals surface area contributed by atoms with E-state index >= 15 is 0 Å². The molecular formula is C13H27NO3. The Kier molecular flexibility index (Phi) is 5.86. The first-order valence-electron chi connectivity index (χ1n) is 6.63. The summed E-state index contributed by atoms with van der Waals surface area (Å²) in [6.07, 6.45) is 1.71. The molecule has 3 N–H and O–H groups in total. The second-order valence-corrected chi connectivity index (χ2v) is 5.66. The van der Waals surface area contributed by atoms with Crippen LogP contribution in [0.5, 0.6) is 0 Å². The summed E-state index contributed by atoms with van der Waals surface area (Å²) in [5.41, 5.74) is -0.790. The second-order valence-electron chi connectivity index (χ2n) is 5.66. The summed E-state index contributed by atoms with van der Waals surface area (Å²) in [7, 11) is 0. The molecule has 0 amide bonds. The third-order valence-electron chi connectivity index (χ3n) is 3.51. The molecule has 0 spiro atoms. The van der Waals surface area contributed by atoms with Crippen LogP contribution >= 0.6 is 0 Å². The molecule has 17 heavy (non-hydrogen) atoms. The van der Waals surface area contributed by atoms with Crippen LogP contribution < -0.4 is 5.32 Å². The van der Waals surface area contributed by atoms with E-state index in [-0.39, 0.29) is 5.92 Å². The van der Waals surface area contributed by atoms with Gasteiger partial charge in [0.15, 0.2) is 0 Å². The fourth-order valence-corrected chi connectivity index (χ4v) is 2.41. The molecule has 0 radical (unpaired) electrons. The van der Waals surface area contributed by atoms with Crippen molar-refractivity contribution in [3.05, 3.63) is 0 Å². The van der Waals surface area contributed by atoms with Crippen LogP contribution in [0.15, 0.2) is 0 Å². The molecule has 1 aliphatic heterocycles. The highest BCUT2D eigenvalue weighted by Crippen LogP contribution is 2.30. The first-order chi connectivity index (χ1) is 7.92. The molecule has 1 rings (SSSR count). The summed E-state index contributed by atoms with van der Waals surface area (Å²) < 4.78 is 5.29. The Bertz CT molecular complexity index is 213. The van der Waals surface area contributed by atoms with Gasteiger partial charge < -0.3 is 20.3 Å². The number of aliphatic hydroxyl groups excluding tert-OH is 1. The van der Waals surface area contributed by atoms with E-state index in [9.17, 15) is 10.2 Å². The van der Waals surface area contributed by atoms with Gasteiger partial charge in [0.1, 0.15) is 0 Å². The van der Waals surface area contributed by atoms with Gasteiger partial charge in [-0.05, 0) is 25.7 Å². The first-order valence-corrected chi connectivity index (χ1v) is 6.63. The molecule has 2 atom stereocenters. The Hall–Kier alpha value is -0.160. The van der Waals surface area contributed by atoms with Gasteiger partial charge in [0.2, 0.25) is 0 Å². The normalized spacial score (nSPS) is 23.6. The predicted molar refractivity (Wildman–Crippen MR) is 67.9 cm³/mol. The quantitative estimate of drug-likeness (QED) is 0.651. The highest BCUT2D eigenvalue weighted by atomic mass is 16.5. The number of aliphatic hydroxyl groups is 2. The molecule has 1 saturated heterocycles. The lowest BCUT2D eigenvalue weighted by molar-refractivity contribution is -0.0775. The van der Waals surface area contributed by atoms with Crippen molar-refractivity contribution in [2.75, 3.05) is 19.8 Å². The number of hydrogen-bond acceptors (Lipinski definition) is 4. The SMILES string of the molecule is CC(C)NC[C@H](O)C[C@](C)(O)C1CCOCC1. The van der Waals surface area contributed by atoms with Gasteiger partial charge in [-0.2, -0.15) is 0 Å². The standard InChI is InChI=1S/C13H27NO3/c1-10(2)14-9-12(15)8-13(3,16)11-4-6-17-7-5-11/h10-12,14-16H,4-9H2,1-3H3/t12-,13+/m1/s1. The molecule has 4 heteroatoms. The van der Waals surface area contributed by atoms with Crippen molar-refractivity contribution in [1.82, 2.24) is 5.32 Å². The van der Waals surface area contributed by atoms with Crippen molar-refractivity contribution >= 4 is 0 Å². The average Bonchev–Trinajstić information content (AvgIpc) is 2.27. The number of ether oxygens (including phenoxy) is 1. The minimum absolute atomic E-state index is 0.241. The van der Waals surface area contributed by atoms with Crippen LogP contribution in [0.1, 0.15) is 40.0 Å². The highest BCUT2D eigenvalue weighted by molar-refractivity contribution is 4.86. The van der Waals surface area contributed by atoms with Crippen LogP contribution in [0.25, 0.3) is 0 Å². The van der Waals surface area contributed by atoms with Crippen molar-refractivity contribution in [3.8, 4) is 0 Å². The van der Waals surface area contributed by atoms with Gasteiger partial charge in [-0.3, -0.25) is 0 Å². The summed E-state index contributed by atoms with van der Waals surface area (Å²) in [6, 6.07) is 0.359. The van der Waals surface area contributed by atoms with E-state index < -0.39 is 11.7 Å². The lowest BCUT2D eigenvalue weighted by Gasteiger charge is -2.37.